The van der Waals surface area contributed by atoms with E-state index in [4.69, 9.17) is 0 Å². The first-order valence-electron chi connectivity index (χ1n) is 7.57. The standard InChI is InChI=1S/C15H16N4O5S/c20-15(14-5-2-6-16-14)17-7-9-18(10-8-17)25(23,24)13-4-1-3-12(11-13)19(21)22/h1-6,11,16H,7-10H2. The lowest BCUT2D eigenvalue weighted by atomic mass is 10.3. The van der Waals surface area contributed by atoms with E-state index in [1.165, 1.54) is 22.5 Å². The van der Waals surface area contributed by atoms with E-state index in [9.17, 15) is 23.3 Å². The monoisotopic (exact) mass is 364 g/mol. The van der Waals surface area contributed by atoms with Crippen molar-refractivity contribution < 1.29 is 18.1 Å². The highest BCUT2D eigenvalue weighted by molar-refractivity contribution is 7.89. The number of carbonyl (C=O) groups is 1. The van der Waals surface area contributed by atoms with Crippen LogP contribution in [0, 0.1) is 10.1 Å². The van der Waals surface area contributed by atoms with E-state index in [0.717, 1.165) is 6.07 Å². The molecule has 0 saturated carbocycles. The van der Waals surface area contributed by atoms with E-state index >= 15 is 0 Å². The van der Waals surface area contributed by atoms with Gasteiger partial charge in [-0.2, -0.15) is 4.31 Å². The van der Waals surface area contributed by atoms with Gasteiger partial charge in [-0.15, -0.1) is 0 Å². The lowest BCUT2D eigenvalue weighted by Gasteiger charge is -2.33. The highest BCUT2D eigenvalue weighted by Crippen LogP contribution is 2.22. The number of sulfonamides is 1. The SMILES string of the molecule is O=C(c1ccc[nH]1)N1CCN(S(=O)(=O)c2cccc([N+](=O)[O-])c2)CC1. The summed E-state index contributed by atoms with van der Waals surface area (Å²) >= 11 is 0. The number of H-pyrrole nitrogens is 1. The number of hydrogen-bond donors (Lipinski definition) is 1. The maximum absolute atomic E-state index is 12.7. The van der Waals surface area contributed by atoms with Gasteiger partial charge in [0.15, 0.2) is 0 Å². The first-order chi connectivity index (χ1) is 11.9. The molecule has 0 radical (unpaired) electrons. The van der Waals surface area contributed by atoms with Crippen molar-refractivity contribution in [3.8, 4) is 0 Å². The van der Waals surface area contributed by atoms with Crippen molar-refractivity contribution in [2.75, 3.05) is 26.2 Å². The van der Waals surface area contributed by atoms with Crippen LogP contribution >= 0.6 is 0 Å². The summed E-state index contributed by atoms with van der Waals surface area (Å²) in [5.41, 5.74) is 0.177. The summed E-state index contributed by atoms with van der Waals surface area (Å²) in [5, 5.41) is 10.8. The fraction of sp³-hybridized carbons (Fsp3) is 0.267. The number of carbonyl (C=O) groups excluding carboxylic acids is 1. The Hall–Kier alpha value is -2.72. The number of amides is 1. The number of benzene rings is 1. The molecule has 3 rings (SSSR count). The second-order valence-electron chi connectivity index (χ2n) is 5.53. The summed E-state index contributed by atoms with van der Waals surface area (Å²) in [7, 11) is -3.84. The molecule has 1 saturated heterocycles. The molecule has 1 aliphatic heterocycles. The molecule has 10 heteroatoms. The first kappa shape index (κ1) is 17.1. The van der Waals surface area contributed by atoms with Gasteiger partial charge in [-0.05, 0) is 18.2 Å². The minimum atomic E-state index is -3.84. The lowest BCUT2D eigenvalue weighted by molar-refractivity contribution is -0.385. The van der Waals surface area contributed by atoms with Crippen molar-refractivity contribution in [1.82, 2.24) is 14.2 Å². The minimum absolute atomic E-state index is 0.120. The van der Waals surface area contributed by atoms with Gasteiger partial charge in [0.1, 0.15) is 5.69 Å². The fourth-order valence-electron chi connectivity index (χ4n) is 2.67. The Kier molecular flexibility index (Phi) is 4.55. The molecule has 0 spiro atoms. The van der Waals surface area contributed by atoms with Gasteiger partial charge in [-0.1, -0.05) is 6.07 Å². The van der Waals surface area contributed by atoms with Crippen LogP contribution in [0.3, 0.4) is 0 Å². The Balaban J connectivity index is 1.72. The van der Waals surface area contributed by atoms with Crippen LogP contribution in [-0.4, -0.2) is 59.6 Å². The molecule has 2 aromatic rings. The van der Waals surface area contributed by atoms with Crippen molar-refractivity contribution in [2.45, 2.75) is 4.90 Å². The van der Waals surface area contributed by atoms with Gasteiger partial charge in [-0.3, -0.25) is 14.9 Å². The third-order valence-electron chi connectivity index (χ3n) is 4.02. The predicted octanol–water partition coefficient (Wildman–Crippen LogP) is 1.07. The maximum Gasteiger partial charge on any atom is 0.270 e. The summed E-state index contributed by atoms with van der Waals surface area (Å²) in [6, 6.07) is 8.34. The van der Waals surface area contributed by atoms with Crippen LogP contribution < -0.4 is 0 Å². The summed E-state index contributed by atoms with van der Waals surface area (Å²) in [6.07, 6.45) is 1.65. The zero-order chi connectivity index (χ0) is 18.0. The third-order valence-corrected chi connectivity index (χ3v) is 5.92. The average molecular weight is 364 g/mol. The molecule has 0 bridgehead atoms. The Morgan fingerprint density at radius 3 is 2.44 bits per heavy atom. The topological polar surface area (TPSA) is 117 Å². The molecule has 0 atom stereocenters. The molecule has 9 nitrogen and oxygen atoms in total. The molecule has 0 aliphatic carbocycles. The molecule has 1 aromatic carbocycles. The summed E-state index contributed by atoms with van der Waals surface area (Å²) in [6.45, 7) is 0.785. The van der Waals surface area contributed by atoms with Crippen LogP contribution in [0.1, 0.15) is 10.5 Å². The van der Waals surface area contributed by atoms with Crippen LogP contribution in [0.25, 0.3) is 0 Å². The summed E-state index contributed by atoms with van der Waals surface area (Å²) in [5.74, 6) is -0.183. The quantitative estimate of drug-likeness (QED) is 0.643. The molecule has 1 N–H and O–H groups in total. The molecule has 1 amide bonds. The maximum atomic E-state index is 12.7. The number of hydrogen-bond acceptors (Lipinski definition) is 5. The highest BCUT2D eigenvalue weighted by Gasteiger charge is 2.31. The molecule has 132 valence electrons. The number of nitrogens with zero attached hydrogens (tertiary/aromatic N) is 3. The second-order valence-corrected chi connectivity index (χ2v) is 7.47. The molecule has 1 aromatic heterocycles. The number of piperazine rings is 1. The predicted molar refractivity (Wildman–Crippen MR) is 88.6 cm³/mol. The molecule has 1 fully saturated rings. The van der Waals surface area contributed by atoms with Crippen LogP contribution in [-0.2, 0) is 10.0 Å². The van der Waals surface area contributed by atoms with E-state index in [1.807, 2.05) is 0 Å². The van der Waals surface area contributed by atoms with Crippen LogP contribution in [0.15, 0.2) is 47.5 Å². The van der Waals surface area contributed by atoms with Crippen molar-refractivity contribution >= 4 is 21.6 Å². The molecular formula is C15H16N4O5S. The first-order valence-corrected chi connectivity index (χ1v) is 9.01. The smallest absolute Gasteiger partial charge is 0.270 e. The van der Waals surface area contributed by atoms with Crippen LogP contribution in [0.5, 0.6) is 0 Å². The van der Waals surface area contributed by atoms with E-state index in [2.05, 4.69) is 4.98 Å². The number of nitro benzene ring substituents is 1. The van der Waals surface area contributed by atoms with Gasteiger partial charge in [-0.25, -0.2) is 8.42 Å². The van der Waals surface area contributed by atoms with Gasteiger partial charge in [0.25, 0.3) is 11.6 Å². The third kappa shape index (κ3) is 3.39. The number of non-ortho nitro benzene ring substituents is 1. The number of aromatic amines is 1. The Morgan fingerprint density at radius 1 is 1.12 bits per heavy atom. The zero-order valence-electron chi connectivity index (χ0n) is 13.2. The zero-order valence-corrected chi connectivity index (χ0v) is 14.0. The Labute approximate surface area is 144 Å². The van der Waals surface area contributed by atoms with Crippen LogP contribution in [0.2, 0.25) is 0 Å². The normalized spacial score (nSPS) is 15.9. The Morgan fingerprint density at radius 2 is 1.84 bits per heavy atom. The average Bonchev–Trinajstić information content (AvgIpc) is 3.16. The van der Waals surface area contributed by atoms with E-state index in [-0.39, 0.29) is 42.7 Å². The number of aromatic nitrogens is 1. The van der Waals surface area contributed by atoms with E-state index < -0.39 is 14.9 Å². The van der Waals surface area contributed by atoms with Crippen molar-refractivity contribution in [1.29, 1.82) is 0 Å². The molecular weight excluding hydrogens is 348 g/mol. The summed E-state index contributed by atoms with van der Waals surface area (Å²) < 4.78 is 26.6. The van der Waals surface area contributed by atoms with Crippen LogP contribution in [0.4, 0.5) is 5.69 Å². The van der Waals surface area contributed by atoms with Gasteiger partial charge in [0.2, 0.25) is 10.0 Å². The van der Waals surface area contributed by atoms with E-state index in [1.54, 1.807) is 23.2 Å². The molecule has 1 aliphatic rings. The number of nitrogens with one attached hydrogen (secondary N) is 1. The van der Waals surface area contributed by atoms with Crippen molar-refractivity contribution in [3.05, 3.63) is 58.4 Å². The summed E-state index contributed by atoms with van der Waals surface area (Å²) in [4.78, 5) is 26.7. The molecule has 25 heavy (non-hydrogen) atoms. The Bertz CT molecular complexity index is 886. The van der Waals surface area contributed by atoms with E-state index in [0.29, 0.717) is 5.69 Å². The minimum Gasteiger partial charge on any atom is -0.357 e. The number of rotatable bonds is 4. The molecule has 0 unspecified atom stereocenters. The van der Waals surface area contributed by atoms with Gasteiger partial charge in [0.05, 0.1) is 9.82 Å². The number of nitro groups is 1. The lowest BCUT2D eigenvalue weighted by Crippen LogP contribution is -2.50. The molecule has 2 heterocycles. The van der Waals surface area contributed by atoms with Gasteiger partial charge < -0.3 is 9.88 Å². The van der Waals surface area contributed by atoms with Crippen molar-refractivity contribution in [3.63, 3.8) is 0 Å². The largest absolute Gasteiger partial charge is 0.357 e. The van der Waals surface area contributed by atoms with Gasteiger partial charge >= 0.3 is 0 Å². The van der Waals surface area contributed by atoms with Gasteiger partial charge in [0, 0.05) is 44.5 Å². The fourth-order valence-corrected chi connectivity index (χ4v) is 4.13. The van der Waals surface area contributed by atoms with Crippen molar-refractivity contribution in [2.24, 2.45) is 0 Å². The second kappa shape index (κ2) is 6.65. The highest BCUT2D eigenvalue weighted by atomic mass is 32.2.